The maximum Gasteiger partial charge on any atom is 0.254 e. The number of carbonyl (C=O) groups excluding carboxylic acids is 2. The summed E-state index contributed by atoms with van der Waals surface area (Å²) in [6, 6.07) is 3.43. The first-order chi connectivity index (χ1) is 9.31. The van der Waals surface area contributed by atoms with Gasteiger partial charge in [0.15, 0.2) is 0 Å². The van der Waals surface area contributed by atoms with Crippen molar-refractivity contribution in [3.63, 3.8) is 0 Å². The van der Waals surface area contributed by atoms with Crippen molar-refractivity contribution in [3.8, 4) is 0 Å². The lowest BCUT2D eigenvalue weighted by molar-refractivity contribution is -0.122. The van der Waals surface area contributed by atoms with E-state index in [9.17, 15) is 14.0 Å². The van der Waals surface area contributed by atoms with E-state index in [1.54, 1.807) is 13.0 Å². The van der Waals surface area contributed by atoms with Gasteiger partial charge in [0, 0.05) is 11.0 Å². The van der Waals surface area contributed by atoms with E-state index in [1.165, 1.54) is 12.1 Å². The Hall–Kier alpha value is -1.43. The predicted octanol–water partition coefficient (Wildman–Crippen LogP) is 2.48. The van der Waals surface area contributed by atoms with Crippen molar-refractivity contribution < 1.29 is 14.0 Å². The fraction of sp³-hybridized carbons (Fsp3) is 0.429. The summed E-state index contributed by atoms with van der Waals surface area (Å²) < 4.78 is 14.2. The molecule has 0 aliphatic heterocycles. The monoisotopic (exact) mass is 344 g/mol. The number of benzene rings is 1. The summed E-state index contributed by atoms with van der Waals surface area (Å²) in [6.45, 7) is 6.04. The van der Waals surface area contributed by atoms with Crippen LogP contribution in [-0.2, 0) is 4.79 Å². The third kappa shape index (κ3) is 4.92. The van der Waals surface area contributed by atoms with Crippen LogP contribution in [0.5, 0.6) is 0 Å². The first-order valence-corrected chi connectivity index (χ1v) is 7.14. The molecule has 1 atom stereocenters. The molecule has 0 heterocycles. The van der Waals surface area contributed by atoms with Gasteiger partial charge >= 0.3 is 0 Å². The number of amides is 2. The van der Waals surface area contributed by atoms with Crippen LogP contribution in [0.15, 0.2) is 22.7 Å². The van der Waals surface area contributed by atoms with Gasteiger partial charge in [-0.05, 0) is 31.0 Å². The summed E-state index contributed by atoms with van der Waals surface area (Å²) in [6.07, 6.45) is 0. The Kier molecular flexibility index (Phi) is 6.13. The summed E-state index contributed by atoms with van der Waals surface area (Å²) in [4.78, 5) is 23.6. The number of hydrogen-bond acceptors (Lipinski definition) is 2. The quantitative estimate of drug-likeness (QED) is 0.861. The van der Waals surface area contributed by atoms with Gasteiger partial charge in [0.25, 0.3) is 5.91 Å². The number of hydrogen-bond donors (Lipinski definition) is 2. The van der Waals surface area contributed by atoms with E-state index in [0.717, 1.165) is 0 Å². The molecule has 0 aliphatic carbocycles. The second-order valence-corrected chi connectivity index (χ2v) is 5.87. The Morgan fingerprint density at radius 3 is 2.50 bits per heavy atom. The molecule has 0 aromatic heterocycles. The first kappa shape index (κ1) is 16.6. The Labute approximate surface area is 126 Å². The van der Waals surface area contributed by atoms with E-state index in [0.29, 0.717) is 16.9 Å². The third-order valence-electron chi connectivity index (χ3n) is 2.60. The highest BCUT2D eigenvalue weighted by Gasteiger charge is 2.18. The summed E-state index contributed by atoms with van der Waals surface area (Å²) in [5.74, 6) is -1.20. The maximum atomic E-state index is 13.6. The molecule has 1 aromatic rings. The fourth-order valence-corrected chi connectivity index (χ4v) is 1.80. The van der Waals surface area contributed by atoms with Crippen LogP contribution in [0.4, 0.5) is 4.39 Å². The highest BCUT2D eigenvalue weighted by molar-refractivity contribution is 9.10. The molecule has 2 N–H and O–H groups in total. The third-order valence-corrected chi connectivity index (χ3v) is 3.09. The Morgan fingerprint density at radius 1 is 1.30 bits per heavy atom. The molecule has 0 radical (unpaired) electrons. The summed E-state index contributed by atoms with van der Waals surface area (Å²) in [5.41, 5.74) is -0.0864. The average molecular weight is 345 g/mol. The van der Waals surface area contributed by atoms with Gasteiger partial charge in [-0.15, -0.1) is 0 Å². The molecule has 20 heavy (non-hydrogen) atoms. The van der Waals surface area contributed by atoms with Gasteiger partial charge in [-0.3, -0.25) is 9.59 Å². The van der Waals surface area contributed by atoms with Crippen LogP contribution in [-0.4, -0.2) is 24.4 Å². The molecule has 4 nitrogen and oxygen atoms in total. The zero-order chi connectivity index (χ0) is 15.3. The Bertz CT molecular complexity index is 506. The van der Waals surface area contributed by atoms with Crippen molar-refractivity contribution in [1.82, 2.24) is 10.6 Å². The van der Waals surface area contributed by atoms with Gasteiger partial charge in [-0.1, -0.05) is 29.8 Å². The number of halogens is 2. The molecular formula is C14H18BrFN2O2. The lowest BCUT2D eigenvalue weighted by Crippen LogP contribution is -2.45. The van der Waals surface area contributed by atoms with E-state index in [-0.39, 0.29) is 11.5 Å². The first-order valence-electron chi connectivity index (χ1n) is 6.35. The molecule has 0 saturated heterocycles. The lowest BCUT2D eigenvalue weighted by Gasteiger charge is -2.15. The molecule has 0 saturated carbocycles. The van der Waals surface area contributed by atoms with E-state index in [1.807, 2.05) is 13.8 Å². The molecule has 1 unspecified atom stereocenters. The van der Waals surface area contributed by atoms with Gasteiger partial charge in [-0.25, -0.2) is 4.39 Å². The molecule has 0 fully saturated rings. The van der Waals surface area contributed by atoms with E-state index >= 15 is 0 Å². The number of nitrogens with one attached hydrogen (secondary N) is 2. The molecular weight excluding hydrogens is 327 g/mol. The average Bonchev–Trinajstić information content (AvgIpc) is 2.35. The smallest absolute Gasteiger partial charge is 0.254 e. The zero-order valence-corrected chi connectivity index (χ0v) is 13.3. The van der Waals surface area contributed by atoms with Gasteiger partial charge in [0.05, 0.1) is 5.56 Å². The highest BCUT2D eigenvalue weighted by Crippen LogP contribution is 2.15. The summed E-state index contributed by atoms with van der Waals surface area (Å²) >= 11 is 3.12. The van der Waals surface area contributed by atoms with Crippen molar-refractivity contribution in [2.45, 2.75) is 26.8 Å². The molecule has 6 heteroatoms. The topological polar surface area (TPSA) is 58.2 Å². The number of rotatable bonds is 5. The van der Waals surface area contributed by atoms with Crippen molar-refractivity contribution in [3.05, 3.63) is 34.1 Å². The number of carbonyl (C=O) groups is 2. The van der Waals surface area contributed by atoms with Crippen LogP contribution in [0, 0.1) is 11.7 Å². The highest BCUT2D eigenvalue weighted by atomic mass is 79.9. The van der Waals surface area contributed by atoms with Gasteiger partial charge < -0.3 is 10.6 Å². The van der Waals surface area contributed by atoms with Crippen molar-refractivity contribution in [1.29, 1.82) is 0 Å². The minimum Gasteiger partial charge on any atom is -0.354 e. The van der Waals surface area contributed by atoms with Crippen LogP contribution in [0.3, 0.4) is 0 Å². The van der Waals surface area contributed by atoms with E-state index in [4.69, 9.17) is 0 Å². The Balaban J connectivity index is 2.63. The van der Waals surface area contributed by atoms with Gasteiger partial charge in [0.1, 0.15) is 11.9 Å². The van der Waals surface area contributed by atoms with E-state index < -0.39 is 17.8 Å². The largest absolute Gasteiger partial charge is 0.354 e. The minimum absolute atomic E-state index is 0.0864. The summed E-state index contributed by atoms with van der Waals surface area (Å²) in [7, 11) is 0. The SMILES string of the molecule is CC(C)CNC(=O)C(C)NC(=O)c1ccc(Br)cc1F. The molecule has 2 amide bonds. The molecule has 0 aliphatic rings. The molecule has 1 rings (SSSR count). The molecule has 0 spiro atoms. The van der Waals surface area contributed by atoms with Gasteiger partial charge in [-0.2, -0.15) is 0 Å². The minimum atomic E-state index is -0.718. The molecule has 1 aromatic carbocycles. The fourth-order valence-electron chi connectivity index (χ4n) is 1.47. The zero-order valence-electron chi connectivity index (χ0n) is 11.7. The van der Waals surface area contributed by atoms with Crippen LogP contribution in [0.1, 0.15) is 31.1 Å². The predicted molar refractivity (Wildman–Crippen MR) is 78.9 cm³/mol. The lowest BCUT2D eigenvalue weighted by atomic mass is 10.1. The van der Waals surface area contributed by atoms with Crippen molar-refractivity contribution in [2.75, 3.05) is 6.54 Å². The van der Waals surface area contributed by atoms with Crippen LogP contribution < -0.4 is 10.6 Å². The van der Waals surface area contributed by atoms with Gasteiger partial charge in [0.2, 0.25) is 5.91 Å². The Morgan fingerprint density at radius 2 is 1.95 bits per heavy atom. The van der Waals surface area contributed by atoms with Crippen LogP contribution in [0.25, 0.3) is 0 Å². The second-order valence-electron chi connectivity index (χ2n) is 4.96. The standard InChI is InChI=1S/C14H18BrFN2O2/c1-8(2)7-17-13(19)9(3)18-14(20)11-5-4-10(15)6-12(11)16/h4-6,8-9H,7H2,1-3H3,(H,17,19)(H,18,20). The van der Waals surface area contributed by atoms with Crippen molar-refractivity contribution in [2.24, 2.45) is 5.92 Å². The van der Waals surface area contributed by atoms with Crippen molar-refractivity contribution >= 4 is 27.7 Å². The van der Waals surface area contributed by atoms with Crippen LogP contribution >= 0.6 is 15.9 Å². The molecule has 110 valence electrons. The van der Waals surface area contributed by atoms with Crippen LogP contribution in [0.2, 0.25) is 0 Å². The van der Waals surface area contributed by atoms with E-state index in [2.05, 4.69) is 26.6 Å². The summed E-state index contributed by atoms with van der Waals surface area (Å²) in [5, 5.41) is 5.18. The molecule has 0 bridgehead atoms. The normalized spacial score (nSPS) is 12.1. The maximum absolute atomic E-state index is 13.6. The second kappa shape index (κ2) is 7.38.